The van der Waals surface area contributed by atoms with Gasteiger partial charge in [0.25, 0.3) is 0 Å². The highest BCUT2D eigenvalue weighted by atomic mass is 32.1. The smallest absolute Gasteiger partial charge is 0.211 e. The van der Waals surface area contributed by atoms with Crippen LogP contribution < -0.4 is 4.80 Å². The number of benzene rings is 1. The first-order chi connectivity index (χ1) is 12.3. The Morgan fingerprint density at radius 1 is 1.32 bits per heavy atom. The Morgan fingerprint density at radius 2 is 2.20 bits per heavy atom. The Kier molecular flexibility index (Phi) is 4.17. The van der Waals surface area contributed by atoms with Crippen molar-refractivity contribution in [2.45, 2.75) is 6.54 Å². The molecule has 0 atom stereocenters. The van der Waals surface area contributed by atoms with Crippen LogP contribution in [0.15, 0.2) is 58.5 Å². The van der Waals surface area contributed by atoms with Crippen LogP contribution >= 0.6 is 22.7 Å². The summed E-state index contributed by atoms with van der Waals surface area (Å²) < 4.78 is 1.73. The van der Waals surface area contributed by atoms with Crippen molar-refractivity contribution in [3.8, 4) is 5.88 Å². The Hall–Kier alpha value is -2.77. The first kappa shape index (κ1) is 15.7. The predicted octanol–water partition coefficient (Wildman–Crippen LogP) is 4.39. The summed E-state index contributed by atoms with van der Waals surface area (Å²) in [6.07, 6.45) is 7.20. The topological polar surface area (TPSA) is 62.8 Å². The largest absolute Gasteiger partial charge is 0.493 e. The third-order valence-corrected chi connectivity index (χ3v) is 5.35. The van der Waals surface area contributed by atoms with Gasteiger partial charge in [-0.05, 0) is 12.1 Å². The summed E-state index contributed by atoms with van der Waals surface area (Å²) >= 11 is 2.87. The molecule has 0 radical (unpaired) electrons. The van der Waals surface area contributed by atoms with E-state index in [4.69, 9.17) is 0 Å². The van der Waals surface area contributed by atoms with Crippen LogP contribution in [0.2, 0.25) is 0 Å². The zero-order valence-electron chi connectivity index (χ0n) is 13.2. The number of thiazole rings is 2. The predicted molar refractivity (Wildman–Crippen MR) is 104 cm³/mol. The van der Waals surface area contributed by atoms with Crippen molar-refractivity contribution in [2.24, 2.45) is 9.98 Å². The maximum Gasteiger partial charge on any atom is 0.211 e. The van der Waals surface area contributed by atoms with Crippen molar-refractivity contribution in [3.05, 3.63) is 63.7 Å². The summed E-state index contributed by atoms with van der Waals surface area (Å²) in [7, 11) is 0. The van der Waals surface area contributed by atoms with Crippen molar-refractivity contribution < 1.29 is 5.11 Å². The molecule has 5 nitrogen and oxygen atoms in total. The van der Waals surface area contributed by atoms with Gasteiger partial charge in [-0.15, -0.1) is 17.9 Å². The fourth-order valence-corrected chi connectivity index (χ4v) is 4.09. The minimum absolute atomic E-state index is 0.172. The zero-order chi connectivity index (χ0) is 17.2. The number of nitrogens with zero attached hydrogens (tertiary/aromatic N) is 4. The van der Waals surface area contributed by atoms with Crippen LogP contribution in [0.3, 0.4) is 0 Å². The molecule has 124 valence electrons. The summed E-state index contributed by atoms with van der Waals surface area (Å²) in [5.41, 5.74) is 2.97. The van der Waals surface area contributed by atoms with Gasteiger partial charge in [-0.3, -0.25) is 9.56 Å². The standard InChI is InChI=1S/C18H14N4OS2/c1-2-8-22-16(23)15(25-18(22)21-17-19-7-9-24-17)10-12-11-20-14-6-4-3-5-13(12)14/h2-7,9-11,23H,1,8H2/b12-10-,21-18-. The molecule has 7 heteroatoms. The fourth-order valence-electron chi connectivity index (χ4n) is 2.54. The second kappa shape index (κ2) is 6.62. The zero-order valence-corrected chi connectivity index (χ0v) is 14.8. The van der Waals surface area contributed by atoms with Crippen LogP contribution in [0.5, 0.6) is 5.88 Å². The van der Waals surface area contributed by atoms with E-state index in [2.05, 4.69) is 21.5 Å². The van der Waals surface area contributed by atoms with Gasteiger partial charge < -0.3 is 5.11 Å². The van der Waals surface area contributed by atoms with E-state index in [9.17, 15) is 5.11 Å². The number of allylic oxidation sites excluding steroid dienone is 2. The number of rotatable bonds is 4. The highest BCUT2D eigenvalue weighted by molar-refractivity contribution is 7.13. The minimum atomic E-state index is 0.172. The minimum Gasteiger partial charge on any atom is -0.493 e. The van der Waals surface area contributed by atoms with E-state index in [1.165, 1.54) is 22.7 Å². The van der Waals surface area contributed by atoms with Crippen molar-refractivity contribution in [3.63, 3.8) is 0 Å². The number of fused-ring (bicyclic) bond motifs is 1. The van der Waals surface area contributed by atoms with Gasteiger partial charge >= 0.3 is 0 Å². The molecule has 3 aromatic rings. The molecule has 1 aromatic carbocycles. The lowest BCUT2D eigenvalue weighted by Gasteiger charge is -2.01. The van der Waals surface area contributed by atoms with Gasteiger partial charge in [0.2, 0.25) is 11.0 Å². The van der Waals surface area contributed by atoms with Gasteiger partial charge in [-0.2, -0.15) is 4.99 Å². The molecule has 4 rings (SSSR count). The van der Waals surface area contributed by atoms with Crippen LogP contribution in [0.4, 0.5) is 10.8 Å². The lowest BCUT2D eigenvalue weighted by Crippen LogP contribution is -2.12. The maximum atomic E-state index is 10.6. The van der Waals surface area contributed by atoms with Crippen molar-refractivity contribution in [2.75, 3.05) is 0 Å². The second-order valence-electron chi connectivity index (χ2n) is 5.27. The highest BCUT2D eigenvalue weighted by Crippen LogP contribution is 2.34. The first-order valence-corrected chi connectivity index (χ1v) is 9.29. The summed E-state index contributed by atoms with van der Waals surface area (Å²) in [6.45, 7) is 4.23. The highest BCUT2D eigenvalue weighted by Gasteiger charge is 2.15. The van der Waals surface area contributed by atoms with E-state index in [0.29, 0.717) is 16.5 Å². The quantitative estimate of drug-likeness (QED) is 0.696. The second-order valence-corrected chi connectivity index (χ2v) is 7.16. The van der Waals surface area contributed by atoms with Crippen LogP contribution in [0.1, 0.15) is 10.4 Å². The summed E-state index contributed by atoms with van der Waals surface area (Å²) in [4.78, 5) is 14.5. The van der Waals surface area contributed by atoms with E-state index < -0.39 is 0 Å². The van der Waals surface area contributed by atoms with Crippen molar-refractivity contribution >= 4 is 51.4 Å². The molecular formula is C18H14N4OS2. The molecule has 1 aliphatic rings. The lowest BCUT2D eigenvalue weighted by atomic mass is 10.1. The third-order valence-electron chi connectivity index (χ3n) is 3.67. The number of aromatic nitrogens is 2. The fraction of sp³-hybridized carbons (Fsp3) is 0.0556. The van der Waals surface area contributed by atoms with E-state index in [0.717, 1.165) is 21.7 Å². The summed E-state index contributed by atoms with van der Waals surface area (Å²) in [6, 6.07) is 7.95. The molecule has 3 heterocycles. The van der Waals surface area contributed by atoms with E-state index >= 15 is 0 Å². The number of aromatic hydroxyl groups is 1. The van der Waals surface area contributed by atoms with E-state index in [-0.39, 0.29) is 5.88 Å². The number of hydrogen-bond donors (Lipinski definition) is 1. The van der Waals surface area contributed by atoms with Gasteiger partial charge in [0.1, 0.15) is 0 Å². The van der Waals surface area contributed by atoms with E-state index in [1.54, 1.807) is 16.8 Å². The molecule has 0 bridgehead atoms. The van der Waals surface area contributed by atoms with Gasteiger partial charge in [0.05, 0.1) is 10.6 Å². The Balaban J connectivity index is 1.83. The molecule has 0 aliphatic carbocycles. The van der Waals surface area contributed by atoms with Crippen LogP contribution in [0, 0.1) is 0 Å². The summed E-state index contributed by atoms with van der Waals surface area (Å²) in [5.74, 6) is 0.172. The van der Waals surface area contributed by atoms with Gasteiger partial charge in [0, 0.05) is 35.5 Å². The summed E-state index contributed by atoms with van der Waals surface area (Å²) in [5, 5.41) is 13.2. The van der Waals surface area contributed by atoms with Gasteiger partial charge in [-0.1, -0.05) is 35.6 Å². The molecule has 2 aromatic heterocycles. The Bertz CT molecular complexity index is 1060. The van der Waals surface area contributed by atoms with Crippen molar-refractivity contribution in [1.82, 2.24) is 9.55 Å². The monoisotopic (exact) mass is 366 g/mol. The van der Waals surface area contributed by atoms with Crippen molar-refractivity contribution in [1.29, 1.82) is 0 Å². The van der Waals surface area contributed by atoms with Gasteiger partial charge in [-0.25, -0.2) is 4.98 Å². The molecule has 25 heavy (non-hydrogen) atoms. The molecule has 0 saturated carbocycles. The lowest BCUT2D eigenvalue weighted by molar-refractivity contribution is 0.421. The molecule has 0 fully saturated rings. The van der Waals surface area contributed by atoms with E-state index in [1.807, 2.05) is 41.9 Å². The molecule has 1 aliphatic heterocycles. The molecular weight excluding hydrogens is 352 g/mol. The van der Waals surface area contributed by atoms with Crippen LogP contribution in [-0.2, 0) is 6.54 Å². The first-order valence-electron chi connectivity index (χ1n) is 7.59. The molecule has 0 unspecified atom stereocenters. The Morgan fingerprint density at radius 3 is 3.00 bits per heavy atom. The number of aliphatic imine (C=N–C) groups is 1. The number of hydrogen-bond acceptors (Lipinski definition) is 6. The van der Waals surface area contributed by atoms with Crippen LogP contribution in [0.25, 0.3) is 11.6 Å². The Labute approximate surface area is 152 Å². The maximum absolute atomic E-state index is 10.6. The van der Waals surface area contributed by atoms with Crippen LogP contribution in [-0.4, -0.2) is 20.9 Å². The third kappa shape index (κ3) is 2.99. The molecule has 0 saturated heterocycles. The van der Waals surface area contributed by atoms with Gasteiger partial charge in [0.15, 0.2) is 4.80 Å². The molecule has 1 N–H and O–H groups in total. The number of para-hydroxylation sites is 1. The SMILES string of the molecule is C=CCn1c(O)c(/C=C2/C=Nc3ccccc32)s/c1=N\c1nccs1. The normalized spacial score (nSPS) is 15.0. The molecule has 0 spiro atoms. The average molecular weight is 366 g/mol. The molecule has 0 amide bonds. The average Bonchev–Trinajstić information content (AvgIpc) is 3.33.